The fourth-order valence-electron chi connectivity index (χ4n) is 1.57. The first-order valence-electron chi connectivity index (χ1n) is 5.25. The molecule has 0 spiro atoms. The number of anilines is 1. The van der Waals surface area contributed by atoms with Crippen molar-refractivity contribution in [2.45, 2.75) is 31.1 Å². The van der Waals surface area contributed by atoms with E-state index in [1.54, 1.807) is 24.3 Å². The van der Waals surface area contributed by atoms with Crippen molar-refractivity contribution in [3.63, 3.8) is 0 Å². The molecule has 1 aromatic carbocycles. The lowest BCUT2D eigenvalue weighted by molar-refractivity contribution is 0.557. The summed E-state index contributed by atoms with van der Waals surface area (Å²) in [6, 6.07) is 7.04. The normalized spacial score (nSPS) is 18.3. The molecular weight excluding hydrogens is 224 g/mol. The minimum Gasteiger partial charge on any atom is -0.398 e. The summed E-state index contributed by atoms with van der Waals surface area (Å²) < 4.78 is 26.4. The van der Waals surface area contributed by atoms with Gasteiger partial charge < -0.3 is 5.73 Å². The maximum atomic E-state index is 11.8. The summed E-state index contributed by atoms with van der Waals surface area (Å²) in [7, 11) is -3.28. The topological polar surface area (TPSA) is 72.2 Å². The molecule has 16 heavy (non-hydrogen) atoms. The highest BCUT2D eigenvalue weighted by Gasteiger charge is 2.40. The molecule has 0 atom stereocenters. The van der Waals surface area contributed by atoms with Gasteiger partial charge in [0.05, 0.1) is 5.75 Å². The van der Waals surface area contributed by atoms with Crippen LogP contribution in [0.4, 0.5) is 5.69 Å². The fourth-order valence-corrected chi connectivity index (χ4v) is 3.27. The number of benzene rings is 1. The molecule has 1 aromatic rings. The lowest BCUT2D eigenvalue weighted by Gasteiger charge is -2.12. The molecule has 1 aliphatic carbocycles. The summed E-state index contributed by atoms with van der Waals surface area (Å²) in [6.45, 7) is 1.92. The first kappa shape index (κ1) is 11.4. The number of nitrogens with two attached hydrogens (primary N) is 1. The molecule has 0 aromatic heterocycles. The third kappa shape index (κ3) is 2.74. The number of sulfonamides is 1. The third-order valence-electron chi connectivity index (χ3n) is 2.80. The van der Waals surface area contributed by atoms with Gasteiger partial charge in [-0.25, -0.2) is 13.1 Å². The van der Waals surface area contributed by atoms with E-state index < -0.39 is 10.0 Å². The van der Waals surface area contributed by atoms with Crippen molar-refractivity contribution in [1.82, 2.24) is 4.72 Å². The average Bonchev–Trinajstić information content (AvgIpc) is 2.86. The Kier molecular flexibility index (Phi) is 2.67. The quantitative estimate of drug-likeness (QED) is 0.778. The molecule has 0 bridgehead atoms. The number of hydrogen-bond donors (Lipinski definition) is 2. The summed E-state index contributed by atoms with van der Waals surface area (Å²) >= 11 is 0. The SMILES string of the molecule is CC1(NS(=O)(=O)Cc2ccccc2N)CC1. The van der Waals surface area contributed by atoms with Gasteiger partial charge in [0.15, 0.2) is 0 Å². The van der Waals surface area contributed by atoms with Gasteiger partial charge in [0.1, 0.15) is 0 Å². The Bertz CT molecular complexity index is 492. The Morgan fingerprint density at radius 1 is 1.38 bits per heavy atom. The Balaban J connectivity index is 2.12. The summed E-state index contributed by atoms with van der Waals surface area (Å²) in [6.07, 6.45) is 1.83. The minimum absolute atomic E-state index is 0.0464. The monoisotopic (exact) mass is 240 g/mol. The lowest BCUT2D eigenvalue weighted by Crippen LogP contribution is -2.35. The molecule has 0 saturated heterocycles. The van der Waals surface area contributed by atoms with E-state index in [2.05, 4.69) is 4.72 Å². The second-order valence-electron chi connectivity index (χ2n) is 4.62. The van der Waals surface area contributed by atoms with Crippen LogP contribution in [0.25, 0.3) is 0 Å². The first-order chi connectivity index (χ1) is 7.40. The van der Waals surface area contributed by atoms with Crippen LogP contribution in [0.1, 0.15) is 25.3 Å². The molecule has 0 radical (unpaired) electrons. The van der Waals surface area contributed by atoms with E-state index in [1.165, 1.54) is 0 Å². The molecule has 0 heterocycles. The molecule has 0 amide bonds. The van der Waals surface area contributed by atoms with Gasteiger partial charge >= 0.3 is 0 Å². The van der Waals surface area contributed by atoms with Crippen LogP contribution in [-0.2, 0) is 15.8 Å². The predicted octanol–water partition coefficient (Wildman–Crippen LogP) is 1.24. The second kappa shape index (κ2) is 3.75. The Morgan fingerprint density at radius 2 is 2.00 bits per heavy atom. The van der Waals surface area contributed by atoms with Gasteiger partial charge in [0.25, 0.3) is 0 Å². The van der Waals surface area contributed by atoms with E-state index in [0.717, 1.165) is 12.8 Å². The van der Waals surface area contributed by atoms with Crippen LogP contribution >= 0.6 is 0 Å². The van der Waals surface area contributed by atoms with E-state index in [0.29, 0.717) is 11.3 Å². The molecule has 0 aliphatic heterocycles. The van der Waals surface area contributed by atoms with E-state index in [-0.39, 0.29) is 11.3 Å². The zero-order valence-electron chi connectivity index (χ0n) is 9.23. The van der Waals surface area contributed by atoms with Gasteiger partial charge in [-0.3, -0.25) is 0 Å². The molecule has 4 nitrogen and oxygen atoms in total. The Labute approximate surface area is 95.9 Å². The van der Waals surface area contributed by atoms with Crippen LogP contribution in [0.2, 0.25) is 0 Å². The molecule has 1 fully saturated rings. The average molecular weight is 240 g/mol. The highest BCUT2D eigenvalue weighted by atomic mass is 32.2. The van der Waals surface area contributed by atoms with Crippen LogP contribution in [-0.4, -0.2) is 14.0 Å². The number of para-hydroxylation sites is 1. The van der Waals surface area contributed by atoms with E-state index in [1.807, 2.05) is 6.92 Å². The number of nitrogen functional groups attached to an aromatic ring is 1. The number of nitrogens with one attached hydrogen (secondary N) is 1. The van der Waals surface area contributed by atoms with Crippen molar-refractivity contribution >= 4 is 15.7 Å². The third-order valence-corrected chi connectivity index (χ3v) is 4.30. The van der Waals surface area contributed by atoms with Crippen molar-refractivity contribution < 1.29 is 8.42 Å². The maximum absolute atomic E-state index is 11.8. The highest BCUT2D eigenvalue weighted by molar-refractivity contribution is 7.88. The molecule has 3 N–H and O–H groups in total. The van der Waals surface area contributed by atoms with E-state index >= 15 is 0 Å². The predicted molar refractivity (Wildman–Crippen MR) is 64.3 cm³/mol. The molecule has 5 heteroatoms. The van der Waals surface area contributed by atoms with Crippen molar-refractivity contribution in [3.8, 4) is 0 Å². The molecule has 1 saturated carbocycles. The largest absolute Gasteiger partial charge is 0.398 e. The maximum Gasteiger partial charge on any atom is 0.216 e. The van der Waals surface area contributed by atoms with Gasteiger partial charge in [0, 0.05) is 11.2 Å². The van der Waals surface area contributed by atoms with Gasteiger partial charge in [-0.05, 0) is 31.4 Å². The standard InChI is InChI=1S/C11H16N2O2S/c1-11(6-7-11)13-16(14,15)8-9-4-2-3-5-10(9)12/h2-5,13H,6-8,12H2,1H3. The van der Waals surface area contributed by atoms with Gasteiger partial charge in [-0.15, -0.1) is 0 Å². The van der Waals surface area contributed by atoms with Crippen molar-refractivity contribution in [3.05, 3.63) is 29.8 Å². The van der Waals surface area contributed by atoms with Crippen LogP contribution in [0.5, 0.6) is 0 Å². The molecular formula is C11H16N2O2S. The minimum atomic E-state index is -3.28. The zero-order valence-corrected chi connectivity index (χ0v) is 10.0. The van der Waals surface area contributed by atoms with Gasteiger partial charge in [0.2, 0.25) is 10.0 Å². The molecule has 0 unspecified atom stereocenters. The van der Waals surface area contributed by atoms with E-state index in [9.17, 15) is 8.42 Å². The fraction of sp³-hybridized carbons (Fsp3) is 0.455. The molecule has 1 aliphatic rings. The Morgan fingerprint density at radius 3 is 2.56 bits per heavy atom. The summed E-state index contributed by atoms with van der Waals surface area (Å²) in [5.41, 5.74) is 6.67. The van der Waals surface area contributed by atoms with Crippen LogP contribution < -0.4 is 10.5 Å². The lowest BCUT2D eigenvalue weighted by atomic mass is 10.2. The molecule has 2 rings (SSSR count). The zero-order chi connectivity index (χ0) is 11.8. The smallest absolute Gasteiger partial charge is 0.216 e. The van der Waals surface area contributed by atoms with Crippen molar-refractivity contribution in [2.75, 3.05) is 5.73 Å². The molecule has 88 valence electrons. The van der Waals surface area contributed by atoms with Crippen molar-refractivity contribution in [2.24, 2.45) is 0 Å². The first-order valence-corrected chi connectivity index (χ1v) is 6.91. The number of rotatable bonds is 4. The van der Waals surface area contributed by atoms with Crippen LogP contribution in [0, 0.1) is 0 Å². The second-order valence-corrected chi connectivity index (χ2v) is 6.34. The van der Waals surface area contributed by atoms with Crippen molar-refractivity contribution in [1.29, 1.82) is 0 Å². The number of hydrogen-bond acceptors (Lipinski definition) is 3. The van der Waals surface area contributed by atoms with Gasteiger partial charge in [-0.1, -0.05) is 18.2 Å². The summed E-state index contributed by atoms with van der Waals surface area (Å²) in [5.74, 6) is -0.0464. The summed E-state index contributed by atoms with van der Waals surface area (Å²) in [4.78, 5) is 0. The van der Waals surface area contributed by atoms with Crippen LogP contribution in [0.3, 0.4) is 0 Å². The van der Waals surface area contributed by atoms with Gasteiger partial charge in [-0.2, -0.15) is 0 Å². The Hall–Kier alpha value is -1.07. The van der Waals surface area contributed by atoms with Crippen LogP contribution in [0.15, 0.2) is 24.3 Å². The highest BCUT2D eigenvalue weighted by Crippen LogP contribution is 2.35. The summed E-state index contributed by atoms with van der Waals surface area (Å²) in [5, 5.41) is 0. The van der Waals surface area contributed by atoms with E-state index in [4.69, 9.17) is 5.73 Å².